The second-order valence-corrected chi connectivity index (χ2v) is 4.27. The first-order valence-electron chi connectivity index (χ1n) is 6.38. The Bertz CT molecular complexity index is 685. The largest absolute Gasteiger partial charge is 0.490 e. The van der Waals surface area contributed by atoms with E-state index < -0.39 is 0 Å². The number of carbonyl (C=O) groups is 1. The summed E-state index contributed by atoms with van der Waals surface area (Å²) in [5.74, 6) is 0.381. The molecule has 0 saturated heterocycles. The van der Waals surface area contributed by atoms with Gasteiger partial charge in [0.25, 0.3) is 5.91 Å². The van der Waals surface area contributed by atoms with Crippen molar-refractivity contribution in [2.75, 3.05) is 11.9 Å². The Hall–Kier alpha value is -3.06. The number of anilines is 1. The molecule has 4 heteroatoms. The Morgan fingerprint density at radius 3 is 2.71 bits per heavy atom. The molecular formula is C17H14N2O2. The summed E-state index contributed by atoms with van der Waals surface area (Å²) in [5.41, 5.74) is 1.69. The van der Waals surface area contributed by atoms with Crippen LogP contribution in [0.4, 0.5) is 5.69 Å². The molecule has 21 heavy (non-hydrogen) atoms. The minimum absolute atomic E-state index is 0.233. The van der Waals surface area contributed by atoms with Crippen molar-refractivity contribution in [1.82, 2.24) is 0 Å². The van der Waals surface area contributed by atoms with Crippen molar-refractivity contribution in [3.05, 3.63) is 72.3 Å². The first-order chi connectivity index (χ1) is 10.2. The summed E-state index contributed by atoms with van der Waals surface area (Å²) in [6.07, 6.45) is 1.64. The highest BCUT2D eigenvalue weighted by Crippen LogP contribution is 2.16. The van der Waals surface area contributed by atoms with Gasteiger partial charge in [0.15, 0.2) is 0 Å². The van der Waals surface area contributed by atoms with E-state index >= 15 is 0 Å². The van der Waals surface area contributed by atoms with Crippen molar-refractivity contribution in [1.29, 1.82) is 5.26 Å². The van der Waals surface area contributed by atoms with Crippen LogP contribution in [0.3, 0.4) is 0 Å². The number of hydrogen-bond donors (Lipinski definition) is 1. The summed E-state index contributed by atoms with van der Waals surface area (Å²) in [6.45, 7) is 3.97. The van der Waals surface area contributed by atoms with E-state index in [0.29, 0.717) is 29.2 Å². The summed E-state index contributed by atoms with van der Waals surface area (Å²) in [6, 6.07) is 15.6. The lowest BCUT2D eigenvalue weighted by Gasteiger charge is -2.07. The number of rotatable bonds is 5. The second-order valence-electron chi connectivity index (χ2n) is 4.27. The number of ether oxygens (including phenoxy) is 1. The molecule has 0 bridgehead atoms. The third kappa shape index (κ3) is 3.95. The van der Waals surface area contributed by atoms with E-state index in [1.165, 1.54) is 0 Å². The summed E-state index contributed by atoms with van der Waals surface area (Å²) < 4.78 is 5.39. The van der Waals surface area contributed by atoms with Crippen molar-refractivity contribution in [2.24, 2.45) is 0 Å². The van der Waals surface area contributed by atoms with Crippen LogP contribution >= 0.6 is 0 Å². The van der Waals surface area contributed by atoms with Gasteiger partial charge in [-0.3, -0.25) is 4.79 Å². The van der Waals surface area contributed by atoms with Crippen LogP contribution in [0.2, 0.25) is 0 Å². The zero-order chi connectivity index (χ0) is 15.1. The lowest BCUT2D eigenvalue weighted by molar-refractivity contribution is 0.102. The SMILES string of the molecule is C=CCOc1cccc(C(=O)Nc2ccc(C#N)cc2)c1. The maximum absolute atomic E-state index is 12.1. The Balaban J connectivity index is 2.08. The van der Waals surface area contributed by atoms with Gasteiger partial charge in [0.1, 0.15) is 12.4 Å². The zero-order valence-electron chi connectivity index (χ0n) is 11.4. The highest BCUT2D eigenvalue weighted by atomic mass is 16.5. The average molecular weight is 278 g/mol. The Morgan fingerprint density at radius 2 is 2.05 bits per heavy atom. The van der Waals surface area contributed by atoms with Crippen LogP contribution in [0.5, 0.6) is 5.75 Å². The Morgan fingerprint density at radius 1 is 1.29 bits per heavy atom. The third-order valence-corrected chi connectivity index (χ3v) is 2.74. The molecule has 0 spiro atoms. The van der Waals surface area contributed by atoms with Crippen LogP contribution in [-0.2, 0) is 0 Å². The van der Waals surface area contributed by atoms with Gasteiger partial charge in [-0.15, -0.1) is 0 Å². The number of hydrogen-bond acceptors (Lipinski definition) is 3. The third-order valence-electron chi connectivity index (χ3n) is 2.74. The van der Waals surface area contributed by atoms with Crippen molar-refractivity contribution >= 4 is 11.6 Å². The molecule has 0 fully saturated rings. The molecule has 104 valence electrons. The minimum atomic E-state index is -0.233. The highest BCUT2D eigenvalue weighted by molar-refractivity contribution is 6.04. The predicted octanol–water partition coefficient (Wildman–Crippen LogP) is 3.38. The first-order valence-corrected chi connectivity index (χ1v) is 6.38. The Kier molecular flexibility index (Phi) is 4.73. The topological polar surface area (TPSA) is 62.1 Å². The van der Waals surface area contributed by atoms with E-state index in [1.54, 1.807) is 54.6 Å². The molecule has 0 saturated carbocycles. The molecule has 0 heterocycles. The molecule has 2 aromatic carbocycles. The molecule has 0 aliphatic heterocycles. The fraction of sp³-hybridized carbons (Fsp3) is 0.0588. The molecule has 0 aliphatic rings. The van der Waals surface area contributed by atoms with Crippen molar-refractivity contribution < 1.29 is 9.53 Å². The van der Waals surface area contributed by atoms with E-state index in [9.17, 15) is 4.79 Å². The lowest BCUT2D eigenvalue weighted by atomic mass is 10.2. The number of amides is 1. The van der Waals surface area contributed by atoms with Gasteiger partial charge in [-0.2, -0.15) is 5.26 Å². The average Bonchev–Trinajstić information content (AvgIpc) is 2.54. The number of nitrogens with one attached hydrogen (secondary N) is 1. The molecule has 0 aromatic heterocycles. The Labute approximate surface area is 123 Å². The first kappa shape index (κ1) is 14.4. The van der Waals surface area contributed by atoms with Gasteiger partial charge in [-0.25, -0.2) is 0 Å². The van der Waals surface area contributed by atoms with E-state index in [1.807, 2.05) is 6.07 Å². The van der Waals surface area contributed by atoms with E-state index in [-0.39, 0.29) is 5.91 Å². The highest BCUT2D eigenvalue weighted by Gasteiger charge is 2.07. The van der Waals surface area contributed by atoms with Gasteiger partial charge in [0.2, 0.25) is 0 Å². The van der Waals surface area contributed by atoms with Crippen LogP contribution in [-0.4, -0.2) is 12.5 Å². The summed E-state index contributed by atoms with van der Waals surface area (Å²) in [7, 11) is 0. The molecule has 0 radical (unpaired) electrons. The van der Waals surface area contributed by atoms with Crippen molar-refractivity contribution in [3.63, 3.8) is 0 Å². The standard InChI is InChI=1S/C17H14N2O2/c1-2-10-21-16-5-3-4-14(11-16)17(20)19-15-8-6-13(12-18)7-9-15/h2-9,11H,1,10H2,(H,19,20). The fourth-order valence-electron chi connectivity index (χ4n) is 1.71. The monoisotopic (exact) mass is 278 g/mol. The zero-order valence-corrected chi connectivity index (χ0v) is 11.4. The fourth-order valence-corrected chi connectivity index (χ4v) is 1.71. The van der Waals surface area contributed by atoms with Crippen LogP contribution in [0.25, 0.3) is 0 Å². The molecule has 4 nitrogen and oxygen atoms in total. The number of benzene rings is 2. The summed E-state index contributed by atoms with van der Waals surface area (Å²) in [5, 5.41) is 11.5. The maximum Gasteiger partial charge on any atom is 0.255 e. The molecule has 1 amide bonds. The van der Waals surface area contributed by atoms with Gasteiger partial charge in [-0.1, -0.05) is 18.7 Å². The van der Waals surface area contributed by atoms with Crippen LogP contribution in [0, 0.1) is 11.3 Å². The van der Waals surface area contributed by atoms with Gasteiger partial charge in [0, 0.05) is 11.3 Å². The summed E-state index contributed by atoms with van der Waals surface area (Å²) in [4.78, 5) is 12.1. The maximum atomic E-state index is 12.1. The number of nitriles is 1. The van der Waals surface area contributed by atoms with Gasteiger partial charge < -0.3 is 10.1 Å². The normalized spacial score (nSPS) is 9.48. The van der Waals surface area contributed by atoms with E-state index in [2.05, 4.69) is 11.9 Å². The molecule has 0 aliphatic carbocycles. The molecule has 0 atom stereocenters. The molecule has 1 N–H and O–H groups in total. The molecule has 2 aromatic rings. The number of carbonyl (C=O) groups excluding carboxylic acids is 1. The molecule has 2 rings (SSSR count). The van der Waals surface area contributed by atoms with Gasteiger partial charge in [-0.05, 0) is 42.5 Å². The van der Waals surface area contributed by atoms with E-state index in [0.717, 1.165) is 0 Å². The minimum Gasteiger partial charge on any atom is -0.490 e. The predicted molar refractivity (Wildman–Crippen MR) is 81.2 cm³/mol. The van der Waals surface area contributed by atoms with Crippen LogP contribution < -0.4 is 10.1 Å². The molecular weight excluding hydrogens is 264 g/mol. The quantitative estimate of drug-likeness (QED) is 0.853. The van der Waals surface area contributed by atoms with Crippen LogP contribution in [0.15, 0.2) is 61.2 Å². The van der Waals surface area contributed by atoms with Crippen LogP contribution in [0.1, 0.15) is 15.9 Å². The second kappa shape index (κ2) is 6.92. The lowest BCUT2D eigenvalue weighted by Crippen LogP contribution is -2.11. The van der Waals surface area contributed by atoms with Gasteiger partial charge >= 0.3 is 0 Å². The van der Waals surface area contributed by atoms with Gasteiger partial charge in [0.05, 0.1) is 11.6 Å². The molecule has 0 unspecified atom stereocenters. The number of nitrogens with zero attached hydrogens (tertiary/aromatic N) is 1. The van der Waals surface area contributed by atoms with E-state index in [4.69, 9.17) is 10.00 Å². The van der Waals surface area contributed by atoms with Crippen molar-refractivity contribution in [2.45, 2.75) is 0 Å². The van der Waals surface area contributed by atoms with Crippen molar-refractivity contribution in [3.8, 4) is 11.8 Å². The summed E-state index contributed by atoms with van der Waals surface area (Å²) >= 11 is 0. The smallest absolute Gasteiger partial charge is 0.255 e.